The maximum absolute atomic E-state index is 13.1. The van der Waals surface area contributed by atoms with Crippen LogP contribution in [0.1, 0.15) is 11.3 Å². The van der Waals surface area contributed by atoms with Gasteiger partial charge >= 0.3 is 0 Å². The predicted molar refractivity (Wildman–Crippen MR) is 126 cm³/mol. The summed E-state index contributed by atoms with van der Waals surface area (Å²) in [6.07, 6.45) is 1.40. The molecule has 0 bridgehead atoms. The lowest BCUT2D eigenvalue weighted by Gasteiger charge is -2.39. The van der Waals surface area contributed by atoms with Gasteiger partial charge in [0.15, 0.2) is 0 Å². The van der Waals surface area contributed by atoms with E-state index in [1.54, 1.807) is 0 Å². The Morgan fingerprint density at radius 2 is 2.00 bits per heavy atom. The van der Waals surface area contributed by atoms with E-state index in [0.29, 0.717) is 29.4 Å². The van der Waals surface area contributed by atoms with Gasteiger partial charge in [-0.1, -0.05) is 17.7 Å². The topological polar surface area (TPSA) is 134 Å². The van der Waals surface area contributed by atoms with Crippen LogP contribution in [-0.2, 0) is 22.7 Å². The second kappa shape index (κ2) is 8.34. The molecular formula is C23H22ClN7O2. The Morgan fingerprint density at radius 3 is 2.82 bits per heavy atom. The summed E-state index contributed by atoms with van der Waals surface area (Å²) < 4.78 is 0. The van der Waals surface area contributed by atoms with E-state index in [1.807, 2.05) is 47.4 Å². The molecule has 1 aliphatic heterocycles. The number of H-pyrrole nitrogens is 1. The molecular weight excluding hydrogens is 442 g/mol. The van der Waals surface area contributed by atoms with Gasteiger partial charge in [0, 0.05) is 46.6 Å². The molecule has 1 saturated heterocycles. The highest BCUT2D eigenvalue weighted by Gasteiger charge is 2.36. The molecule has 1 aliphatic rings. The number of carbonyl (C=O) groups is 2. The molecule has 3 heterocycles. The molecule has 5 rings (SSSR count). The zero-order valence-electron chi connectivity index (χ0n) is 17.7. The van der Waals surface area contributed by atoms with Crippen molar-refractivity contribution in [1.82, 2.24) is 24.8 Å². The fraction of sp³-hybridized carbons (Fsp3) is 0.217. The molecule has 4 aromatic rings. The highest BCUT2D eigenvalue weighted by molar-refractivity contribution is 6.31. The third-order valence-electron chi connectivity index (χ3n) is 5.93. The van der Waals surface area contributed by atoms with Crippen LogP contribution in [0.25, 0.3) is 21.8 Å². The quantitative estimate of drug-likeness (QED) is 0.414. The summed E-state index contributed by atoms with van der Waals surface area (Å²) in [5.41, 5.74) is 15.0. The number of fused-ring (bicyclic) bond motifs is 2. The highest BCUT2D eigenvalue weighted by atomic mass is 35.5. The van der Waals surface area contributed by atoms with E-state index in [0.717, 1.165) is 27.5 Å². The molecule has 9 nitrogen and oxygen atoms in total. The monoisotopic (exact) mass is 463 g/mol. The Morgan fingerprint density at radius 1 is 1.15 bits per heavy atom. The van der Waals surface area contributed by atoms with Crippen LogP contribution in [0.15, 0.2) is 48.8 Å². The van der Waals surface area contributed by atoms with Gasteiger partial charge in [0.1, 0.15) is 18.2 Å². The Bertz CT molecular complexity index is 1390. The van der Waals surface area contributed by atoms with E-state index in [9.17, 15) is 9.59 Å². The normalized spacial score (nSPS) is 17.2. The van der Waals surface area contributed by atoms with E-state index in [2.05, 4.69) is 15.0 Å². The van der Waals surface area contributed by atoms with Gasteiger partial charge in [0.2, 0.25) is 11.8 Å². The summed E-state index contributed by atoms with van der Waals surface area (Å²) >= 11 is 6.08. The fourth-order valence-corrected chi connectivity index (χ4v) is 4.51. The third kappa shape index (κ3) is 4.20. The first-order chi connectivity index (χ1) is 15.9. The van der Waals surface area contributed by atoms with Crippen molar-refractivity contribution in [1.29, 1.82) is 0 Å². The first-order valence-electron chi connectivity index (χ1n) is 10.4. The van der Waals surface area contributed by atoms with Gasteiger partial charge < -0.3 is 21.4 Å². The number of piperazine rings is 1. The zero-order chi connectivity index (χ0) is 23.1. The van der Waals surface area contributed by atoms with Gasteiger partial charge in [0.05, 0.1) is 12.1 Å². The lowest BCUT2D eigenvalue weighted by molar-refractivity contribution is -0.147. The molecule has 0 saturated carbocycles. The molecule has 2 aromatic heterocycles. The van der Waals surface area contributed by atoms with Crippen molar-refractivity contribution in [2.24, 2.45) is 5.73 Å². The average molecular weight is 464 g/mol. The number of carbonyl (C=O) groups excluding carboxylic acids is 2. The van der Waals surface area contributed by atoms with E-state index >= 15 is 0 Å². The maximum atomic E-state index is 13.1. The van der Waals surface area contributed by atoms with E-state index in [-0.39, 0.29) is 19.0 Å². The predicted octanol–water partition coefficient (Wildman–Crippen LogP) is 2.04. The largest absolute Gasteiger partial charge is 0.383 e. The fourth-order valence-electron chi connectivity index (χ4n) is 4.33. The number of aromatic nitrogens is 3. The van der Waals surface area contributed by atoms with Crippen LogP contribution in [0.5, 0.6) is 0 Å². The molecule has 0 spiro atoms. The molecule has 2 amide bonds. The van der Waals surface area contributed by atoms with Crippen molar-refractivity contribution in [3.63, 3.8) is 0 Å². The number of nitrogens with zero attached hydrogens (tertiary/aromatic N) is 4. The highest BCUT2D eigenvalue weighted by Crippen LogP contribution is 2.24. The minimum Gasteiger partial charge on any atom is -0.383 e. The SMILES string of the molecule is NC(=O)C1CN(Cc2cc3cc(Cl)ccc3[nH]2)CC(=O)N1Cc1ccc2c(N)ncnc2c1. The minimum atomic E-state index is -0.740. The summed E-state index contributed by atoms with van der Waals surface area (Å²) in [6, 6.07) is 12.4. The number of halogens is 1. The van der Waals surface area contributed by atoms with Crippen LogP contribution in [0.3, 0.4) is 0 Å². The van der Waals surface area contributed by atoms with Crippen LogP contribution >= 0.6 is 11.6 Å². The number of amides is 2. The van der Waals surface area contributed by atoms with E-state index in [4.69, 9.17) is 23.1 Å². The number of nitrogens with two attached hydrogens (primary N) is 2. The van der Waals surface area contributed by atoms with Crippen LogP contribution in [0.2, 0.25) is 5.02 Å². The molecule has 1 atom stereocenters. The molecule has 0 aliphatic carbocycles. The molecule has 33 heavy (non-hydrogen) atoms. The molecule has 1 unspecified atom stereocenters. The van der Waals surface area contributed by atoms with Crippen LogP contribution in [0.4, 0.5) is 5.82 Å². The molecule has 10 heteroatoms. The van der Waals surface area contributed by atoms with Gasteiger partial charge in [-0.3, -0.25) is 14.5 Å². The molecule has 2 aromatic carbocycles. The zero-order valence-corrected chi connectivity index (χ0v) is 18.4. The maximum Gasteiger partial charge on any atom is 0.241 e. The van der Waals surface area contributed by atoms with Crippen molar-refractivity contribution in [3.05, 3.63) is 65.1 Å². The number of nitrogen functional groups attached to an aromatic ring is 1. The van der Waals surface area contributed by atoms with Crippen molar-refractivity contribution < 1.29 is 9.59 Å². The Balaban J connectivity index is 1.35. The number of hydrogen-bond acceptors (Lipinski definition) is 6. The summed E-state index contributed by atoms with van der Waals surface area (Å²) in [6.45, 7) is 1.27. The minimum absolute atomic E-state index is 0.161. The lowest BCUT2D eigenvalue weighted by Crippen LogP contribution is -2.60. The second-order valence-corrected chi connectivity index (χ2v) is 8.68. The van der Waals surface area contributed by atoms with Gasteiger partial charge in [-0.25, -0.2) is 9.97 Å². The second-order valence-electron chi connectivity index (χ2n) is 8.25. The van der Waals surface area contributed by atoms with E-state index < -0.39 is 11.9 Å². The average Bonchev–Trinajstić information content (AvgIpc) is 3.16. The number of benzene rings is 2. The van der Waals surface area contributed by atoms with E-state index in [1.165, 1.54) is 11.2 Å². The third-order valence-corrected chi connectivity index (χ3v) is 6.17. The van der Waals surface area contributed by atoms with Crippen molar-refractivity contribution in [3.8, 4) is 0 Å². The Kier molecular flexibility index (Phi) is 5.35. The van der Waals surface area contributed by atoms with Crippen LogP contribution < -0.4 is 11.5 Å². The van der Waals surface area contributed by atoms with Crippen LogP contribution in [0, 0.1) is 0 Å². The van der Waals surface area contributed by atoms with Gasteiger partial charge in [-0.2, -0.15) is 0 Å². The van der Waals surface area contributed by atoms with Gasteiger partial charge in [-0.15, -0.1) is 0 Å². The lowest BCUT2D eigenvalue weighted by atomic mass is 10.1. The molecule has 168 valence electrons. The Hall–Kier alpha value is -3.69. The number of rotatable bonds is 5. The molecule has 1 fully saturated rings. The summed E-state index contributed by atoms with van der Waals surface area (Å²) in [5.74, 6) is -0.305. The first kappa shape index (κ1) is 21.2. The number of hydrogen-bond donors (Lipinski definition) is 3. The van der Waals surface area contributed by atoms with Crippen LogP contribution in [-0.4, -0.2) is 55.7 Å². The number of anilines is 1. The van der Waals surface area contributed by atoms with Gasteiger partial charge in [0.25, 0.3) is 0 Å². The Labute approximate surface area is 194 Å². The molecule has 0 radical (unpaired) electrons. The summed E-state index contributed by atoms with van der Waals surface area (Å²) in [4.78, 5) is 40.4. The first-order valence-corrected chi connectivity index (χ1v) is 10.8. The smallest absolute Gasteiger partial charge is 0.241 e. The number of aromatic amines is 1. The number of nitrogens with one attached hydrogen (secondary N) is 1. The standard InChI is InChI=1S/C23H22ClN7O2/c24-15-2-4-18-14(6-15)7-16(29-18)9-30-10-20(23(26)33)31(21(32)11-30)8-13-1-3-17-19(5-13)27-12-28-22(17)25/h1-7,12,20,29H,8-11H2,(H2,26,33)(H2,25,27,28). The van der Waals surface area contributed by atoms with Crippen molar-refractivity contribution in [2.75, 3.05) is 18.8 Å². The summed E-state index contributed by atoms with van der Waals surface area (Å²) in [5, 5.41) is 2.40. The summed E-state index contributed by atoms with van der Waals surface area (Å²) in [7, 11) is 0. The molecule has 5 N–H and O–H groups in total. The van der Waals surface area contributed by atoms with Crippen molar-refractivity contribution in [2.45, 2.75) is 19.1 Å². The van der Waals surface area contributed by atoms with Gasteiger partial charge in [-0.05, 0) is 42.0 Å². The number of primary amides is 1. The van der Waals surface area contributed by atoms with Crippen molar-refractivity contribution >= 4 is 51.0 Å².